The van der Waals surface area contributed by atoms with Crippen LogP contribution in [0.1, 0.15) is 5.69 Å². The Morgan fingerprint density at radius 3 is 3.00 bits per heavy atom. The fourth-order valence-corrected chi connectivity index (χ4v) is 1.93. The minimum atomic E-state index is 0.582. The molecule has 0 radical (unpaired) electrons. The highest BCUT2D eigenvalue weighted by Crippen LogP contribution is 2.18. The van der Waals surface area contributed by atoms with E-state index in [0.29, 0.717) is 10.9 Å². The Labute approximate surface area is 97.2 Å². The number of hydrogen-bond donors (Lipinski definition) is 0. The third-order valence-electron chi connectivity index (χ3n) is 1.42. The van der Waals surface area contributed by atoms with Crippen molar-refractivity contribution in [1.82, 2.24) is 19.4 Å². The van der Waals surface area contributed by atoms with E-state index in [-0.39, 0.29) is 0 Å². The fraction of sp³-hybridized carbons (Fsp3) is 0.167. The molecule has 7 heteroatoms. The van der Waals surface area contributed by atoms with E-state index in [1.165, 1.54) is 11.5 Å². The average molecular weight is 327 g/mol. The second-order valence-electron chi connectivity index (χ2n) is 2.35. The molecule has 0 spiro atoms. The Balaban J connectivity index is 2.19. The smallest absolute Gasteiger partial charge is 0.139 e. The van der Waals surface area contributed by atoms with Crippen molar-refractivity contribution >= 4 is 45.7 Å². The van der Waals surface area contributed by atoms with Gasteiger partial charge in [-0.05, 0) is 22.6 Å². The van der Waals surface area contributed by atoms with E-state index < -0.39 is 0 Å². The van der Waals surface area contributed by atoms with Crippen molar-refractivity contribution in [2.45, 2.75) is 6.54 Å². The molecular formula is C6H4ClIN4S. The first-order chi connectivity index (χ1) is 6.25. The molecule has 2 heterocycles. The maximum atomic E-state index is 5.85. The summed E-state index contributed by atoms with van der Waals surface area (Å²) < 4.78 is 7.25. The summed E-state index contributed by atoms with van der Waals surface area (Å²) in [5.41, 5.74) is 0.770. The topological polar surface area (TPSA) is 43.6 Å². The standard InChI is InChI=1S/C6H4ClIN4S/c7-6-5(10-11-13-6)3-12-2-4(8)1-9-12/h1-2H,3H2. The quantitative estimate of drug-likeness (QED) is 0.793. The molecule has 0 fully saturated rings. The van der Waals surface area contributed by atoms with Crippen molar-refractivity contribution in [1.29, 1.82) is 0 Å². The Morgan fingerprint density at radius 1 is 1.62 bits per heavy atom. The van der Waals surface area contributed by atoms with E-state index >= 15 is 0 Å². The molecule has 0 aliphatic rings. The predicted molar refractivity (Wildman–Crippen MR) is 59.0 cm³/mol. The third kappa shape index (κ3) is 2.18. The molecule has 0 N–H and O–H groups in total. The van der Waals surface area contributed by atoms with Gasteiger partial charge in [0.05, 0.1) is 16.3 Å². The summed E-state index contributed by atoms with van der Waals surface area (Å²) in [5.74, 6) is 0. The monoisotopic (exact) mass is 326 g/mol. The third-order valence-corrected chi connectivity index (χ3v) is 2.96. The minimum Gasteiger partial charge on any atom is -0.265 e. The first kappa shape index (κ1) is 9.35. The molecule has 2 rings (SSSR count). The molecule has 0 saturated heterocycles. The highest BCUT2D eigenvalue weighted by molar-refractivity contribution is 14.1. The lowest BCUT2D eigenvalue weighted by molar-refractivity contribution is 0.670. The minimum absolute atomic E-state index is 0.582. The van der Waals surface area contributed by atoms with Gasteiger partial charge in [-0.25, -0.2) is 0 Å². The van der Waals surface area contributed by atoms with Crippen LogP contribution in [0.5, 0.6) is 0 Å². The number of nitrogens with zero attached hydrogens (tertiary/aromatic N) is 4. The molecule has 0 aliphatic carbocycles. The van der Waals surface area contributed by atoms with Crippen LogP contribution in [-0.4, -0.2) is 19.4 Å². The Bertz CT molecular complexity index is 412. The maximum Gasteiger partial charge on any atom is 0.139 e. The van der Waals surface area contributed by atoms with Crippen LogP contribution in [0.25, 0.3) is 0 Å². The van der Waals surface area contributed by atoms with Gasteiger partial charge in [0.15, 0.2) is 0 Å². The van der Waals surface area contributed by atoms with Crippen molar-refractivity contribution in [3.63, 3.8) is 0 Å². The Hall–Kier alpha value is -0.210. The zero-order valence-corrected chi connectivity index (χ0v) is 10.0. The first-order valence-corrected chi connectivity index (χ1v) is 5.63. The summed E-state index contributed by atoms with van der Waals surface area (Å²) in [6, 6.07) is 0. The van der Waals surface area contributed by atoms with Gasteiger partial charge in [0, 0.05) is 17.7 Å². The molecule has 2 aromatic heterocycles. The number of rotatable bonds is 2. The van der Waals surface area contributed by atoms with Gasteiger partial charge in [0.25, 0.3) is 0 Å². The summed E-state index contributed by atoms with van der Waals surface area (Å²) in [6.07, 6.45) is 3.71. The second kappa shape index (κ2) is 3.89. The van der Waals surface area contributed by atoms with E-state index in [0.717, 1.165) is 9.26 Å². The molecule has 0 atom stereocenters. The summed E-state index contributed by atoms with van der Waals surface area (Å²) in [5, 5.41) is 8.01. The molecule has 0 amide bonds. The van der Waals surface area contributed by atoms with Gasteiger partial charge in [-0.15, -0.1) is 5.10 Å². The Kier molecular flexibility index (Phi) is 2.80. The molecular weight excluding hydrogens is 323 g/mol. The SMILES string of the molecule is Clc1snnc1Cn1cc(I)cn1. The van der Waals surface area contributed by atoms with Crippen molar-refractivity contribution in [3.05, 3.63) is 26.0 Å². The molecule has 0 bridgehead atoms. The van der Waals surface area contributed by atoms with Crippen molar-refractivity contribution in [3.8, 4) is 0 Å². The lowest BCUT2D eigenvalue weighted by Gasteiger charge is -1.95. The van der Waals surface area contributed by atoms with Crippen molar-refractivity contribution in [2.24, 2.45) is 0 Å². The number of halogens is 2. The summed E-state index contributed by atoms with van der Waals surface area (Å²) in [7, 11) is 0. The molecule has 68 valence electrons. The lowest BCUT2D eigenvalue weighted by atomic mass is 10.5. The zero-order valence-electron chi connectivity index (χ0n) is 6.31. The van der Waals surface area contributed by atoms with Gasteiger partial charge in [-0.1, -0.05) is 16.1 Å². The molecule has 0 unspecified atom stereocenters. The molecule has 4 nitrogen and oxygen atoms in total. The molecule has 2 aromatic rings. The van der Waals surface area contributed by atoms with Crippen LogP contribution in [0.4, 0.5) is 0 Å². The van der Waals surface area contributed by atoms with Gasteiger partial charge in [0.2, 0.25) is 0 Å². The molecule has 0 aromatic carbocycles. The van der Waals surface area contributed by atoms with E-state index in [9.17, 15) is 0 Å². The molecule has 0 aliphatic heterocycles. The maximum absolute atomic E-state index is 5.85. The van der Waals surface area contributed by atoms with E-state index in [1.54, 1.807) is 10.9 Å². The van der Waals surface area contributed by atoms with Crippen LogP contribution in [0.15, 0.2) is 12.4 Å². The predicted octanol–water partition coefficient (Wildman–Crippen LogP) is 2.04. The van der Waals surface area contributed by atoms with Crippen LogP contribution in [0, 0.1) is 3.57 Å². The highest BCUT2D eigenvalue weighted by Gasteiger charge is 2.06. The van der Waals surface area contributed by atoms with Crippen LogP contribution >= 0.6 is 45.7 Å². The average Bonchev–Trinajstić information content (AvgIpc) is 2.64. The first-order valence-electron chi connectivity index (χ1n) is 3.40. The van der Waals surface area contributed by atoms with Crippen LogP contribution in [-0.2, 0) is 6.54 Å². The lowest BCUT2D eigenvalue weighted by Crippen LogP contribution is -2.00. The van der Waals surface area contributed by atoms with Crippen LogP contribution < -0.4 is 0 Å². The Morgan fingerprint density at radius 2 is 2.46 bits per heavy atom. The largest absolute Gasteiger partial charge is 0.265 e. The van der Waals surface area contributed by atoms with E-state index in [4.69, 9.17) is 11.6 Å². The zero-order chi connectivity index (χ0) is 9.26. The molecule has 0 saturated carbocycles. The fourth-order valence-electron chi connectivity index (χ4n) is 0.870. The molecule has 13 heavy (non-hydrogen) atoms. The van der Waals surface area contributed by atoms with Gasteiger partial charge >= 0.3 is 0 Å². The second-order valence-corrected chi connectivity index (χ2v) is 4.95. The van der Waals surface area contributed by atoms with Gasteiger partial charge < -0.3 is 0 Å². The number of aromatic nitrogens is 4. The van der Waals surface area contributed by atoms with Crippen molar-refractivity contribution < 1.29 is 0 Å². The van der Waals surface area contributed by atoms with Crippen LogP contribution in [0.3, 0.4) is 0 Å². The van der Waals surface area contributed by atoms with Gasteiger partial charge in [-0.3, -0.25) is 4.68 Å². The highest BCUT2D eigenvalue weighted by atomic mass is 127. The van der Waals surface area contributed by atoms with E-state index in [2.05, 4.69) is 37.3 Å². The van der Waals surface area contributed by atoms with Crippen LogP contribution in [0.2, 0.25) is 4.34 Å². The van der Waals surface area contributed by atoms with Gasteiger partial charge in [-0.2, -0.15) is 5.10 Å². The van der Waals surface area contributed by atoms with Crippen molar-refractivity contribution in [2.75, 3.05) is 0 Å². The summed E-state index contributed by atoms with van der Waals surface area (Å²) in [4.78, 5) is 0. The summed E-state index contributed by atoms with van der Waals surface area (Å²) >= 11 is 9.24. The summed E-state index contributed by atoms with van der Waals surface area (Å²) in [6.45, 7) is 0.582. The normalized spacial score (nSPS) is 10.6. The number of hydrogen-bond acceptors (Lipinski definition) is 4. The van der Waals surface area contributed by atoms with E-state index in [1.807, 2.05) is 6.20 Å². The van der Waals surface area contributed by atoms with Gasteiger partial charge in [0.1, 0.15) is 10.0 Å².